The fourth-order valence-corrected chi connectivity index (χ4v) is 5.99. The largest absolute Gasteiger partial charge is 0.481 e. The monoisotopic (exact) mass is 495 g/mol. The molecule has 0 amide bonds. The van der Waals surface area contributed by atoms with Crippen molar-refractivity contribution in [1.29, 1.82) is 0 Å². The van der Waals surface area contributed by atoms with Gasteiger partial charge >= 0.3 is 19.5 Å². The Hall–Kier alpha value is -0.990. The molecule has 0 spiro atoms. The van der Waals surface area contributed by atoms with Crippen LogP contribution in [0.25, 0.3) is 0 Å². The van der Waals surface area contributed by atoms with Crippen molar-refractivity contribution in [3.8, 4) is 0 Å². The van der Waals surface area contributed by atoms with Gasteiger partial charge < -0.3 is 30.8 Å². The van der Waals surface area contributed by atoms with E-state index in [2.05, 4.69) is 6.92 Å². The van der Waals surface area contributed by atoms with Crippen LogP contribution >= 0.6 is 7.60 Å². The molecule has 0 bridgehead atoms. The standard InChI is InChI=1S/C23H46NO8P/c1-3-5-6-7-8-9-10-11-12-13-14-15-16-19(21(27)28)23(22(24)29,33(30,31)32)17-18(4-2)20(25)26/h18-19,22,29H,3-17,24H2,1-2H3,(H,25,26)(H,27,28)(H2,30,31,32)/t18?,19-,22?,23?/m1/s1. The van der Waals surface area contributed by atoms with Crippen LogP contribution in [0.1, 0.15) is 110 Å². The third kappa shape index (κ3) is 10.9. The van der Waals surface area contributed by atoms with Crippen molar-refractivity contribution in [3.05, 3.63) is 0 Å². The Bertz CT molecular complexity index is 609. The molecule has 0 aliphatic heterocycles. The van der Waals surface area contributed by atoms with Crippen LogP contribution in [0, 0.1) is 11.8 Å². The maximum atomic E-state index is 12.4. The van der Waals surface area contributed by atoms with E-state index in [0.717, 1.165) is 25.7 Å². The number of aliphatic hydroxyl groups excluding tert-OH is 1. The van der Waals surface area contributed by atoms with E-state index in [-0.39, 0.29) is 12.8 Å². The second-order valence-electron chi connectivity index (χ2n) is 9.20. The molecule has 0 aromatic heterocycles. The molecule has 7 N–H and O–H groups in total. The molecule has 0 saturated carbocycles. The lowest BCUT2D eigenvalue weighted by atomic mass is 9.78. The first-order valence-electron chi connectivity index (χ1n) is 12.4. The quantitative estimate of drug-likeness (QED) is 0.0761. The van der Waals surface area contributed by atoms with E-state index in [9.17, 15) is 39.3 Å². The number of hydrogen-bond donors (Lipinski definition) is 6. The number of aliphatic carboxylic acids is 2. The Morgan fingerprint density at radius 2 is 1.24 bits per heavy atom. The van der Waals surface area contributed by atoms with Crippen LogP contribution in [-0.2, 0) is 14.2 Å². The molecule has 0 aromatic carbocycles. The van der Waals surface area contributed by atoms with Crippen molar-refractivity contribution in [2.24, 2.45) is 17.6 Å². The number of rotatable bonds is 21. The molecular weight excluding hydrogens is 449 g/mol. The molecule has 4 atom stereocenters. The zero-order valence-corrected chi connectivity index (χ0v) is 21.2. The minimum Gasteiger partial charge on any atom is -0.481 e. The molecule has 33 heavy (non-hydrogen) atoms. The van der Waals surface area contributed by atoms with E-state index in [4.69, 9.17) is 5.73 Å². The van der Waals surface area contributed by atoms with Gasteiger partial charge in [-0.25, -0.2) is 0 Å². The smallest absolute Gasteiger partial charge is 0.336 e. The van der Waals surface area contributed by atoms with Gasteiger partial charge in [0, 0.05) is 0 Å². The first kappa shape index (κ1) is 32.0. The van der Waals surface area contributed by atoms with E-state index < -0.39 is 49.2 Å². The van der Waals surface area contributed by atoms with E-state index in [1.54, 1.807) is 0 Å². The Kier molecular flexibility index (Phi) is 16.1. The summed E-state index contributed by atoms with van der Waals surface area (Å²) in [5.41, 5.74) is 5.54. The Morgan fingerprint density at radius 3 is 1.55 bits per heavy atom. The molecule has 9 nitrogen and oxygen atoms in total. The SMILES string of the molecule is CCCCCCCCCCCCCC[C@H](C(=O)O)C(CC(CC)C(=O)O)(C(N)O)P(=O)(O)O. The van der Waals surface area contributed by atoms with Gasteiger partial charge in [0.05, 0.1) is 11.8 Å². The summed E-state index contributed by atoms with van der Waals surface area (Å²) >= 11 is 0. The number of hydrogen-bond acceptors (Lipinski definition) is 5. The Balaban J connectivity index is 4.91. The van der Waals surface area contributed by atoms with E-state index in [1.165, 1.54) is 45.4 Å². The number of nitrogens with two attached hydrogens (primary N) is 1. The van der Waals surface area contributed by atoms with Gasteiger partial charge in [-0.05, 0) is 19.3 Å². The Labute approximate surface area is 198 Å². The van der Waals surface area contributed by atoms with E-state index in [1.807, 2.05) is 0 Å². The zero-order chi connectivity index (χ0) is 25.5. The molecule has 0 radical (unpaired) electrons. The molecule has 0 aliphatic carbocycles. The van der Waals surface area contributed by atoms with Crippen LogP contribution in [-0.4, -0.2) is 48.4 Å². The topological polar surface area (TPSA) is 178 Å². The van der Waals surface area contributed by atoms with Crippen LogP contribution in [0.4, 0.5) is 0 Å². The molecule has 3 unspecified atom stereocenters. The van der Waals surface area contributed by atoms with Crippen LogP contribution in [0.3, 0.4) is 0 Å². The number of carboxylic acids is 2. The van der Waals surface area contributed by atoms with E-state index >= 15 is 0 Å². The molecule has 10 heteroatoms. The van der Waals surface area contributed by atoms with Gasteiger partial charge in [-0.1, -0.05) is 90.9 Å². The molecule has 196 valence electrons. The maximum absolute atomic E-state index is 12.4. The van der Waals surface area contributed by atoms with Gasteiger partial charge in [-0.3, -0.25) is 14.2 Å². The van der Waals surface area contributed by atoms with Gasteiger partial charge in [0.15, 0.2) is 0 Å². The first-order chi connectivity index (χ1) is 15.5. The molecule has 0 aliphatic rings. The van der Waals surface area contributed by atoms with Crippen molar-refractivity contribution < 1.29 is 39.3 Å². The molecule has 0 aromatic rings. The summed E-state index contributed by atoms with van der Waals surface area (Å²) in [5, 5.41) is 26.7. The summed E-state index contributed by atoms with van der Waals surface area (Å²) in [6.45, 7) is 3.72. The average molecular weight is 496 g/mol. The van der Waals surface area contributed by atoms with E-state index in [0.29, 0.717) is 12.8 Å². The van der Waals surface area contributed by atoms with Crippen molar-refractivity contribution in [2.75, 3.05) is 0 Å². The number of aliphatic hydroxyl groups is 1. The van der Waals surface area contributed by atoms with Crippen LogP contribution in [0.2, 0.25) is 0 Å². The second-order valence-corrected chi connectivity index (χ2v) is 11.1. The number of unbranched alkanes of at least 4 members (excludes halogenated alkanes) is 11. The maximum Gasteiger partial charge on any atom is 0.336 e. The van der Waals surface area contributed by atoms with Crippen molar-refractivity contribution in [1.82, 2.24) is 0 Å². The van der Waals surface area contributed by atoms with Gasteiger partial charge in [0.1, 0.15) is 11.4 Å². The lowest BCUT2D eigenvalue weighted by molar-refractivity contribution is -0.149. The average Bonchev–Trinajstić information content (AvgIpc) is 2.71. The van der Waals surface area contributed by atoms with Gasteiger partial charge in [0.25, 0.3) is 0 Å². The lowest BCUT2D eigenvalue weighted by Gasteiger charge is -2.42. The molecular formula is C23H46NO8P. The molecule has 0 rings (SSSR count). The van der Waals surface area contributed by atoms with Gasteiger partial charge in [-0.15, -0.1) is 0 Å². The fourth-order valence-electron chi connectivity index (χ4n) is 4.54. The fraction of sp³-hybridized carbons (Fsp3) is 0.913. The zero-order valence-electron chi connectivity index (χ0n) is 20.3. The molecule has 0 saturated heterocycles. The summed E-state index contributed by atoms with van der Waals surface area (Å²) in [5.74, 6) is -5.70. The summed E-state index contributed by atoms with van der Waals surface area (Å²) < 4.78 is 12.4. The van der Waals surface area contributed by atoms with Crippen molar-refractivity contribution in [3.63, 3.8) is 0 Å². The minimum atomic E-state index is -5.28. The second kappa shape index (κ2) is 16.6. The highest BCUT2D eigenvalue weighted by Gasteiger charge is 2.60. The van der Waals surface area contributed by atoms with Crippen LogP contribution < -0.4 is 5.73 Å². The molecule has 0 fully saturated rings. The van der Waals surface area contributed by atoms with Crippen LogP contribution in [0.15, 0.2) is 0 Å². The Morgan fingerprint density at radius 1 is 0.818 bits per heavy atom. The summed E-state index contributed by atoms with van der Waals surface area (Å²) in [4.78, 5) is 43.6. The first-order valence-corrected chi connectivity index (χ1v) is 14.0. The highest BCUT2D eigenvalue weighted by Crippen LogP contribution is 2.60. The number of carbonyl (C=O) groups is 2. The summed E-state index contributed by atoms with van der Waals surface area (Å²) in [6, 6.07) is 0. The normalized spacial score (nSPS) is 16.7. The highest BCUT2D eigenvalue weighted by molar-refractivity contribution is 7.53. The summed E-state index contributed by atoms with van der Waals surface area (Å²) in [6.07, 6.45) is 9.83. The van der Waals surface area contributed by atoms with Crippen LogP contribution in [0.5, 0.6) is 0 Å². The minimum absolute atomic E-state index is 0.0226. The lowest BCUT2D eigenvalue weighted by Crippen LogP contribution is -2.56. The highest BCUT2D eigenvalue weighted by atomic mass is 31.2. The van der Waals surface area contributed by atoms with Crippen molar-refractivity contribution in [2.45, 2.75) is 122 Å². The predicted octanol–water partition coefficient (Wildman–Crippen LogP) is 4.47. The molecule has 0 heterocycles. The van der Waals surface area contributed by atoms with Crippen molar-refractivity contribution >= 4 is 19.5 Å². The number of carboxylic acid groups (broad SMARTS) is 2. The van der Waals surface area contributed by atoms with Gasteiger partial charge in [0.2, 0.25) is 0 Å². The predicted molar refractivity (Wildman–Crippen MR) is 128 cm³/mol. The summed E-state index contributed by atoms with van der Waals surface area (Å²) in [7, 11) is -5.28. The third-order valence-electron chi connectivity index (χ3n) is 6.72. The van der Waals surface area contributed by atoms with Gasteiger partial charge in [-0.2, -0.15) is 0 Å². The third-order valence-corrected chi connectivity index (χ3v) is 8.56.